The van der Waals surface area contributed by atoms with Crippen LogP contribution in [0, 0.1) is 0 Å². The van der Waals surface area contributed by atoms with Gasteiger partial charge in [-0.1, -0.05) is 18.2 Å². The van der Waals surface area contributed by atoms with Crippen LogP contribution < -0.4 is 21.3 Å². The minimum Gasteiger partial charge on any atom is -0.297 e. The molecule has 0 bridgehead atoms. The minimum atomic E-state index is -3.77. The Bertz CT molecular complexity index is 804. The number of anilines is 1. The van der Waals surface area contributed by atoms with E-state index in [2.05, 4.69) is 16.2 Å². The van der Waals surface area contributed by atoms with Crippen molar-refractivity contribution < 1.29 is 18.0 Å². The van der Waals surface area contributed by atoms with E-state index in [0.717, 1.165) is 0 Å². The normalized spacial score (nSPS) is 10.7. The Morgan fingerprint density at radius 2 is 1.52 bits per heavy atom. The van der Waals surface area contributed by atoms with Crippen molar-refractivity contribution in [2.24, 2.45) is 5.14 Å². The molecule has 9 heteroatoms. The summed E-state index contributed by atoms with van der Waals surface area (Å²) in [5, 5.41) is 7.11. The van der Waals surface area contributed by atoms with Gasteiger partial charge in [0.15, 0.2) is 0 Å². The van der Waals surface area contributed by atoms with Gasteiger partial charge in [0.2, 0.25) is 10.0 Å². The number of hydrogen-bond donors (Lipinski definition) is 4. The number of amides is 3. The SMILES string of the molecule is NS(=O)(=O)c1ccc(NNC(=O)NC(=O)c2ccccc2)cc1. The zero-order chi connectivity index (χ0) is 16.9. The molecular formula is C14H14N4O4S. The number of imide groups is 1. The molecule has 0 saturated heterocycles. The van der Waals surface area contributed by atoms with E-state index in [4.69, 9.17) is 5.14 Å². The Balaban J connectivity index is 1.88. The number of hydrogen-bond acceptors (Lipinski definition) is 5. The highest BCUT2D eigenvalue weighted by atomic mass is 32.2. The molecule has 120 valence electrons. The summed E-state index contributed by atoms with van der Waals surface area (Å²) < 4.78 is 22.2. The maximum atomic E-state index is 11.7. The standard InChI is InChI=1S/C14H14N4O4S/c15-23(21,22)12-8-6-11(7-9-12)17-18-14(20)16-13(19)10-4-2-1-3-5-10/h1-9,17H,(H2,15,21,22)(H2,16,18,19,20). The Morgan fingerprint density at radius 3 is 2.09 bits per heavy atom. The van der Waals surface area contributed by atoms with Gasteiger partial charge in [-0.15, -0.1) is 0 Å². The van der Waals surface area contributed by atoms with Crippen LogP contribution in [0.1, 0.15) is 10.4 Å². The summed E-state index contributed by atoms with van der Waals surface area (Å²) in [7, 11) is -3.77. The maximum Gasteiger partial charge on any atom is 0.340 e. The van der Waals surface area contributed by atoms with Crippen LogP contribution in [0.4, 0.5) is 10.5 Å². The average Bonchev–Trinajstić information content (AvgIpc) is 2.53. The summed E-state index contributed by atoms with van der Waals surface area (Å²) in [4.78, 5) is 23.3. The molecule has 0 aliphatic carbocycles. The number of nitrogens with one attached hydrogen (secondary N) is 3. The van der Waals surface area contributed by atoms with Crippen molar-refractivity contribution in [3.63, 3.8) is 0 Å². The summed E-state index contributed by atoms with van der Waals surface area (Å²) >= 11 is 0. The molecule has 0 atom stereocenters. The second-order valence-electron chi connectivity index (χ2n) is 4.47. The first-order valence-electron chi connectivity index (χ1n) is 6.41. The predicted octanol–water partition coefficient (Wildman–Crippen LogP) is 0.801. The topological polar surface area (TPSA) is 130 Å². The van der Waals surface area contributed by atoms with Gasteiger partial charge in [-0.2, -0.15) is 0 Å². The van der Waals surface area contributed by atoms with Gasteiger partial charge < -0.3 is 0 Å². The first-order valence-corrected chi connectivity index (χ1v) is 7.96. The fourth-order valence-electron chi connectivity index (χ4n) is 1.65. The van der Waals surface area contributed by atoms with Crippen LogP contribution in [-0.2, 0) is 10.0 Å². The molecule has 2 aromatic rings. The lowest BCUT2D eigenvalue weighted by atomic mass is 10.2. The monoisotopic (exact) mass is 334 g/mol. The van der Waals surface area contributed by atoms with Crippen molar-refractivity contribution in [3.05, 3.63) is 60.2 Å². The van der Waals surface area contributed by atoms with Crippen molar-refractivity contribution in [1.82, 2.24) is 10.7 Å². The lowest BCUT2D eigenvalue weighted by molar-refractivity contribution is 0.0964. The van der Waals surface area contributed by atoms with Crippen molar-refractivity contribution in [2.75, 3.05) is 5.43 Å². The number of sulfonamides is 1. The van der Waals surface area contributed by atoms with Crippen molar-refractivity contribution in [3.8, 4) is 0 Å². The summed E-state index contributed by atoms with van der Waals surface area (Å²) in [5.74, 6) is -0.547. The minimum absolute atomic E-state index is 0.0493. The number of nitrogens with two attached hydrogens (primary N) is 1. The van der Waals surface area contributed by atoms with E-state index in [1.807, 2.05) is 0 Å². The highest BCUT2D eigenvalue weighted by Crippen LogP contribution is 2.11. The van der Waals surface area contributed by atoms with Crippen molar-refractivity contribution in [1.29, 1.82) is 0 Å². The van der Waals surface area contributed by atoms with E-state index in [1.54, 1.807) is 30.3 Å². The number of carbonyl (C=O) groups is 2. The molecule has 0 aliphatic rings. The van der Waals surface area contributed by atoms with Gasteiger partial charge in [0.05, 0.1) is 10.6 Å². The molecular weight excluding hydrogens is 320 g/mol. The zero-order valence-corrected chi connectivity index (χ0v) is 12.6. The van der Waals surface area contributed by atoms with Crippen LogP contribution >= 0.6 is 0 Å². The van der Waals surface area contributed by atoms with Crippen LogP contribution in [0.5, 0.6) is 0 Å². The second kappa shape index (κ2) is 6.90. The molecule has 0 fully saturated rings. The number of hydrazine groups is 1. The number of rotatable bonds is 4. The third-order valence-corrected chi connectivity index (χ3v) is 3.70. The summed E-state index contributed by atoms with van der Waals surface area (Å²) in [5.41, 5.74) is 5.55. The smallest absolute Gasteiger partial charge is 0.297 e. The molecule has 0 saturated carbocycles. The van der Waals surface area contributed by atoms with Gasteiger partial charge >= 0.3 is 6.03 Å². The zero-order valence-electron chi connectivity index (χ0n) is 11.8. The molecule has 0 radical (unpaired) electrons. The molecule has 0 aliphatic heterocycles. The molecule has 5 N–H and O–H groups in total. The molecule has 0 unspecified atom stereocenters. The molecule has 0 heterocycles. The second-order valence-corrected chi connectivity index (χ2v) is 6.03. The van der Waals surface area contributed by atoms with Crippen molar-refractivity contribution in [2.45, 2.75) is 4.90 Å². The molecule has 0 spiro atoms. The van der Waals surface area contributed by atoms with Crippen LogP contribution in [0.3, 0.4) is 0 Å². The van der Waals surface area contributed by atoms with Crippen LogP contribution in [0.15, 0.2) is 59.5 Å². The van der Waals surface area contributed by atoms with Gasteiger partial charge in [-0.3, -0.25) is 21.0 Å². The third kappa shape index (κ3) is 4.80. The Kier molecular flexibility index (Phi) is 4.94. The van der Waals surface area contributed by atoms with Crippen molar-refractivity contribution >= 4 is 27.6 Å². The molecule has 3 amide bonds. The van der Waals surface area contributed by atoms with E-state index in [1.165, 1.54) is 24.3 Å². The Hall–Kier alpha value is -2.91. The fourth-order valence-corrected chi connectivity index (χ4v) is 2.17. The lowest BCUT2D eigenvalue weighted by Crippen LogP contribution is -2.42. The lowest BCUT2D eigenvalue weighted by Gasteiger charge is -2.09. The quantitative estimate of drug-likeness (QED) is 0.614. The molecule has 2 rings (SSSR count). The van der Waals surface area contributed by atoms with Gasteiger partial charge in [0.25, 0.3) is 5.91 Å². The van der Waals surface area contributed by atoms with E-state index in [0.29, 0.717) is 11.3 Å². The van der Waals surface area contributed by atoms with E-state index >= 15 is 0 Å². The third-order valence-electron chi connectivity index (χ3n) is 2.77. The Morgan fingerprint density at radius 1 is 0.913 bits per heavy atom. The first kappa shape index (κ1) is 16.5. The highest BCUT2D eigenvalue weighted by Gasteiger charge is 2.10. The van der Waals surface area contributed by atoms with Gasteiger partial charge in [-0.05, 0) is 36.4 Å². The van der Waals surface area contributed by atoms with Crippen LogP contribution in [0.25, 0.3) is 0 Å². The molecule has 8 nitrogen and oxygen atoms in total. The van der Waals surface area contributed by atoms with E-state index in [9.17, 15) is 18.0 Å². The number of benzene rings is 2. The highest BCUT2D eigenvalue weighted by molar-refractivity contribution is 7.89. The predicted molar refractivity (Wildman–Crippen MR) is 83.9 cm³/mol. The molecule has 2 aromatic carbocycles. The van der Waals surface area contributed by atoms with E-state index in [-0.39, 0.29) is 4.90 Å². The maximum absolute atomic E-state index is 11.7. The molecule has 0 aromatic heterocycles. The first-order chi connectivity index (χ1) is 10.9. The largest absolute Gasteiger partial charge is 0.340 e. The number of carbonyl (C=O) groups excluding carboxylic acids is 2. The van der Waals surface area contributed by atoms with Crippen LogP contribution in [-0.4, -0.2) is 20.4 Å². The van der Waals surface area contributed by atoms with Gasteiger partial charge in [0, 0.05) is 5.56 Å². The van der Waals surface area contributed by atoms with Crippen LogP contribution in [0.2, 0.25) is 0 Å². The average molecular weight is 334 g/mol. The fraction of sp³-hybridized carbons (Fsp3) is 0. The molecule has 23 heavy (non-hydrogen) atoms. The number of urea groups is 1. The Labute approximate surface area is 132 Å². The van der Waals surface area contributed by atoms with E-state index < -0.39 is 22.0 Å². The summed E-state index contributed by atoms with van der Waals surface area (Å²) in [6.45, 7) is 0. The van der Waals surface area contributed by atoms with Gasteiger partial charge in [-0.25, -0.2) is 18.4 Å². The number of primary sulfonamides is 1. The summed E-state index contributed by atoms with van der Waals surface area (Å²) in [6.07, 6.45) is 0. The van der Waals surface area contributed by atoms with Gasteiger partial charge in [0.1, 0.15) is 0 Å². The summed E-state index contributed by atoms with van der Waals surface area (Å²) in [6, 6.07) is 12.9.